The third kappa shape index (κ3) is 1.83. The normalized spacial score (nSPS) is 19.2. The zero-order valence-electron chi connectivity index (χ0n) is 11.4. The van der Waals surface area contributed by atoms with Gasteiger partial charge in [-0.1, -0.05) is 12.1 Å². The molecule has 3 heterocycles. The van der Waals surface area contributed by atoms with E-state index in [0.717, 1.165) is 0 Å². The van der Waals surface area contributed by atoms with E-state index in [1.807, 2.05) is 11.0 Å². The lowest BCUT2D eigenvalue weighted by molar-refractivity contribution is 0.180. The molecule has 1 saturated heterocycles. The Kier molecular flexibility index (Phi) is 2.62. The Morgan fingerprint density at radius 3 is 2.77 bits per heavy atom. The maximum absolute atomic E-state index is 12.0. The molecule has 4 rings (SSSR count). The van der Waals surface area contributed by atoms with Crippen LogP contribution in [0.5, 0.6) is 0 Å². The fourth-order valence-corrected chi connectivity index (χ4v) is 3.94. The summed E-state index contributed by atoms with van der Waals surface area (Å²) in [5.41, 5.74) is 1.17. The first-order valence-corrected chi connectivity index (χ1v) is 8.16. The second-order valence-electron chi connectivity index (χ2n) is 5.27. The summed E-state index contributed by atoms with van der Waals surface area (Å²) >= 11 is 0. The van der Waals surface area contributed by atoms with Crippen molar-refractivity contribution >= 4 is 15.9 Å². The number of amidine groups is 1. The summed E-state index contributed by atoms with van der Waals surface area (Å²) in [7, 11) is -3.58. The van der Waals surface area contributed by atoms with E-state index in [1.165, 1.54) is 6.20 Å². The van der Waals surface area contributed by atoms with Gasteiger partial charge in [0, 0.05) is 24.8 Å². The van der Waals surface area contributed by atoms with Crippen molar-refractivity contribution in [3.8, 4) is 6.07 Å². The minimum atomic E-state index is -3.58. The molecule has 22 heavy (non-hydrogen) atoms. The molecule has 7 nitrogen and oxygen atoms in total. The molecule has 0 N–H and O–H groups in total. The van der Waals surface area contributed by atoms with Gasteiger partial charge in [-0.05, 0) is 12.1 Å². The average molecular weight is 313 g/mol. The van der Waals surface area contributed by atoms with Crippen molar-refractivity contribution in [2.75, 3.05) is 13.1 Å². The van der Waals surface area contributed by atoms with Gasteiger partial charge in [0.25, 0.3) is 10.0 Å². The van der Waals surface area contributed by atoms with Gasteiger partial charge < -0.3 is 4.90 Å². The number of likely N-dealkylation sites (tertiary alicyclic amines) is 1. The van der Waals surface area contributed by atoms with Crippen LogP contribution < -0.4 is 0 Å². The molecule has 2 aliphatic rings. The van der Waals surface area contributed by atoms with Crippen molar-refractivity contribution in [2.45, 2.75) is 10.9 Å². The van der Waals surface area contributed by atoms with Crippen molar-refractivity contribution in [1.29, 1.82) is 5.26 Å². The summed E-state index contributed by atoms with van der Waals surface area (Å²) in [6.45, 7) is 1.24. The molecule has 8 heteroatoms. The van der Waals surface area contributed by atoms with E-state index < -0.39 is 10.0 Å². The lowest BCUT2D eigenvalue weighted by Gasteiger charge is -2.40. The van der Waals surface area contributed by atoms with E-state index in [2.05, 4.69) is 9.50 Å². The standard InChI is InChI=1S/C14H11N5O2S/c15-5-10-6-16-19(7-10)11-8-18(9-11)14-12-3-1-2-4-13(12)22(20,21)17-14/h1-4,6-7,11H,8-9H2. The van der Waals surface area contributed by atoms with Crippen LogP contribution in [-0.2, 0) is 10.0 Å². The molecule has 0 unspecified atom stereocenters. The zero-order chi connectivity index (χ0) is 15.3. The van der Waals surface area contributed by atoms with E-state index >= 15 is 0 Å². The topological polar surface area (TPSA) is 91.3 Å². The second kappa shape index (κ2) is 4.42. The van der Waals surface area contributed by atoms with Crippen molar-refractivity contribution < 1.29 is 8.42 Å². The number of sulfonamides is 1. The van der Waals surface area contributed by atoms with E-state index in [9.17, 15) is 8.42 Å². The lowest BCUT2D eigenvalue weighted by atomic mass is 10.1. The van der Waals surface area contributed by atoms with Gasteiger partial charge in [-0.2, -0.15) is 18.8 Å². The van der Waals surface area contributed by atoms with Gasteiger partial charge in [-0.3, -0.25) is 4.68 Å². The highest BCUT2D eigenvalue weighted by atomic mass is 32.2. The SMILES string of the molecule is N#Cc1cnn(C2CN(C3=NS(=O)(=O)c4ccccc43)C2)c1. The number of aromatic nitrogens is 2. The fraction of sp³-hybridized carbons (Fsp3) is 0.214. The number of fused-ring (bicyclic) bond motifs is 1. The van der Waals surface area contributed by atoms with Crippen LogP contribution >= 0.6 is 0 Å². The molecule has 0 radical (unpaired) electrons. The first-order valence-electron chi connectivity index (χ1n) is 6.72. The first-order chi connectivity index (χ1) is 10.6. The van der Waals surface area contributed by atoms with Gasteiger partial charge in [0.2, 0.25) is 0 Å². The van der Waals surface area contributed by atoms with Crippen molar-refractivity contribution in [1.82, 2.24) is 14.7 Å². The summed E-state index contributed by atoms with van der Waals surface area (Å²) in [6, 6.07) is 9.01. The van der Waals surface area contributed by atoms with Crippen molar-refractivity contribution in [3.63, 3.8) is 0 Å². The van der Waals surface area contributed by atoms with Crippen LogP contribution in [0.3, 0.4) is 0 Å². The Morgan fingerprint density at radius 1 is 1.27 bits per heavy atom. The molecule has 0 saturated carbocycles. The van der Waals surface area contributed by atoms with Crippen LogP contribution in [0, 0.1) is 11.3 Å². The highest BCUT2D eigenvalue weighted by Gasteiger charge is 2.38. The molecule has 2 aliphatic heterocycles. The van der Waals surface area contributed by atoms with Gasteiger partial charge in [0.05, 0.1) is 17.8 Å². The quantitative estimate of drug-likeness (QED) is 0.775. The minimum absolute atomic E-state index is 0.125. The van der Waals surface area contributed by atoms with Crippen LogP contribution in [0.4, 0.5) is 0 Å². The predicted octanol–water partition coefficient (Wildman–Crippen LogP) is 0.761. The molecule has 0 aliphatic carbocycles. The van der Waals surface area contributed by atoms with Crippen molar-refractivity contribution in [3.05, 3.63) is 47.8 Å². The molecule has 0 spiro atoms. The van der Waals surface area contributed by atoms with Crippen LogP contribution in [0.25, 0.3) is 0 Å². The molecule has 0 atom stereocenters. The monoisotopic (exact) mass is 313 g/mol. The number of benzene rings is 1. The molecular weight excluding hydrogens is 302 g/mol. The Morgan fingerprint density at radius 2 is 2.05 bits per heavy atom. The van der Waals surface area contributed by atoms with Gasteiger partial charge in [-0.15, -0.1) is 4.40 Å². The maximum Gasteiger partial charge on any atom is 0.285 e. The molecule has 1 aromatic carbocycles. The van der Waals surface area contributed by atoms with Crippen LogP contribution in [0.15, 0.2) is 46.0 Å². The Labute approximate surface area is 127 Å². The van der Waals surface area contributed by atoms with Crippen LogP contribution in [0.1, 0.15) is 17.2 Å². The maximum atomic E-state index is 12.0. The smallest absolute Gasteiger partial charge is 0.285 e. The molecule has 0 amide bonds. The van der Waals surface area contributed by atoms with E-state index in [-0.39, 0.29) is 10.9 Å². The highest BCUT2D eigenvalue weighted by Crippen LogP contribution is 2.31. The zero-order valence-corrected chi connectivity index (χ0v) is 12.2. The van der Waals surface area contributed by atoms with Crippen molar-refractivity contribution in [2.24, 2.45) is 4.40 Å². The third-order valence-electron chi connectivity index (χ3n) is 3.88. The Bertz CT molecular complexity index is 932. The fourth-order valence-electron chi connectivity index (χ4n) is 2.71. The van der Waals surface area contributed by atoms with E-state index in [1.54, 1.807) is 35.1 Å². The number of rotatable bonds is 1. The average Bonchev–Trinajstić information content (AvgIpc) is 3.02. The first kappa shape index (κ1) is 13.0. The van der Waals surface area contributed by atoms with Crippen LogP contribution in [0.2, 0.25) is 0 Å². The number of hydrogen-bond donors (Lipinski definition) is 0. The second-order valence-corrected chi connectivity index (χ2v) is 6.84. The lowest BCUT2D eigenvalue weighted by Crippen LogP contribution is -2.50. The van der Waals surface area contributed by atoms with Gasteiger partial charge >= 0.3 is 0 Å². The molecule has 2 aromatic rings. The Balaban J connectivity index is 1.58. The molecule has 110 valence electrons. The summed E-state index contributed by atoms with van der Waals surface area (Å²) in [6.07, 6.45) is 3.22. The molecule has 0 bridgehead atoms. The summed E-state index contributed by atoms with van der Waals surface area (Å²) in [5, 5.41) is 13.0. The van der Waals surface area contributed by atoms with E-state index in [4.69, 9.17) is 5.26 Å². The summed E-state index contributed by atoms with van der Waals surface area (Å²) < 4.78 is 29.7. The number of nitriles is 1. The molecular formula is C14H11N5O2S. The predicted molar refractivity (Wildman–Crippen MR) is 77.7 cm³/mol. The summed E-state index contributed by atoms with van der Waals surface area (Å²) in [4.78, 5) is 2.18. The number of nitrogens with zero attached hydrogens (tertiary/aromatic N) is 5. The van der Waals surface area contributed by atoms with Crippen LogP contribution in [-0.4, -0.2) is 42.0 Å². The third-order valence-corrected chi connectivity index (χ3v) is 5.20. The van der Waals surface area contributed by atoms with Gasteiger partial charge in [-0.25, -0.2) is 0 Å². The number of hydrogen-bond acceptors (Lipinski definition) is 5. The summed E-state index contributed by atoms with van der Waals surface area (Å²) in [5.74, 6) is 0.500. The largest absolute Gasteiger partial charge is 0.351 e. The highest BCUT2D eigenvalue weighted by molar-refractivity contribution is 7.90. The van der Waals surface area contributed by atoms with E-state index in [0.29, 0.717) is 30.1 Å². The minimum Gasteiger partial charge on any atom is -0.351 e. The Hall–Kier alpha value is -2.66. The molecule has 1 fully saturated rings. The van der Waals surface area contributed by atoms with Gasteiger partial charge in [0.1, 0.15) is 11.0 Å². The van der Waals surface area contributed by atoms with Gasteiger partial charge in [0.15, 0.2) is 5.84 Å². The molecule has 1 aromatic heterocycles.